The molecular formula is C14H10BrClFNO. The average Bonchev–Trinajstić information content (AvgIpc) is 2.39. The van der Waals surface area contributed by atoms with E-state index in [0.717, 1.165) is 4.47 Å². The van der Waals surface area contributed by atoms with Gasteiger partial charge in [0, 0.05) is 10.2 Å². The smallest absolute Gasteiger partial charge is 0.246 e. The molecule has 5 heteroatoms. The van der Waals surface area contributed by atoms with Gasteiger partial charge in [-0.2, -0.15) is 0 Å². The van der Waals surface area contributed by atoms with Crippen LogP contribution in [0.1, 0.15) is 10.9 Å². The number of anilines is 1. The lowest BCUT2D eigenvalue weighted by Gasteiger charge is -2.11. The second-order valence-corrected chi connectivity index (χ2v) is 5.27. The summed E-state index contributed by atoms with van der Waals surface area (Å²) < 4.78 is 13.9. The fourth-order valence-electron chi connectivity index (χ4n) is 1.55. The molecule has 0 saturated carbocycles. The van der Waals surface area contributed by atoms with Gasteiger partial charge in [0.1, 0.15) is 11.2 Å². The van der Waals surface area contributed by atoms with Crippen LogP contribution in [-0.4, -0.2) is 5.91 Å². The summed E-state index contributed by atoms with van der Waals surface area (Å²) in [7, 11) is 0. The molecule has 0 bridgehead atoms. The van der Waals surface area contributed by atoms with Crippen molar-refractivity contribution < 1.29 is 9.18 Å². The van der Waals surface area contributed by atoms with Crippen LogP contribution >= 0.6 is 27.5 Å². The Bertz CT molecular complexity index is 588. The first kappa shape index (κ1) is 14.0. The molecule has 0 aromatic heterocycles. The Morgan fingerprint density at radius 3 is 2.53 bits per heavy atom. The molecular weight excluding hydrogens is 333 g/mol. The Hall–Kier alpha value is -1.39. The van der Waals surface area contributed by atoms with E-state index in [1.165, 1.54) is 18.2 Å². The number of carbonyl (C=O) groups is 1. The number of rotatable bonds is 3. The second kappa shape index (κ2) is 6.17. The maximum Gasteiger partial charge on any atom is 0.246 e. The van der Waals surface area contributed by atoms with Gasteiger partial charge in [0.25, 0.3) is 0 Å². The van der Waals surface area contributed by atoms with Crippen molar-refractivity contribution in [3.63, 3.8) is 0 Å². The molecule has 0 spiro atoms. The lowest BCUT2D eigenvalue weighted by molar-refractivity contribution is -0.116. The molecule has 0 aliphatic rings. The average molecular weight is 343 g/mol. The fourth-order valence-corrected chi connectivity index (χ4v) is 2.02. The molecule has 0 radical (unpaired) electrons. The number of amides is 1. The monoisotopic (exact) mass is 341 g/mol. The molecule has 19 heavy (non-hydrogen) atoms. The first-order valence-corrected chi connectivity index (χ1v) is 6.75. The minimum Gasteiger partial charge on any atom is -0.324 e. The van der Waals surface area contributed by atoms with Gasteiger partial charge in [0.2, 0.25) is 5.91 Å². The van der Waals surface area contributed by atoms with Crippen molar-refractivity contribution in [1.29, 1.82) is 0 Å². The van der Waals surface area contributed by atoms with Crippen molar-refractivity contribution in [3.8, 4) is 0 Å². The van der Waals surface area contributed by atoms with Gasteiger partial charge < -0.3 is 5.32 Å². The first-order valence-electron chi connectivity index (χ1n) is 5.52. The summed E-state index contributed by atoms with van der Waals surface area (Å²) in [6.07, 6.45) is 0. The molecule has 2 aromatic carbocycles. The molecule has 0 aliphatic heterocycles. The lowest BCUT2D eigenvalue weighted by Crippen LogP contribution is -2.17. The molecule has 0 aliphatic carbocycles. The van der Waals surface area contributed by atoms with Crippen LogP contribution in [0.5, 0.6) is 0 Å². The number of nitrogens with one attached hydrogen (secondary N) is 1. The van der Waals surface area contributed by atoms with Crippen LogP contribution in [0.3, 0.4) is 0 Å². The molecule has 1 unspecified atom stereocenters. The van der Waals surface area contributed by atoms with Crippen molar-refractivity contribution in [1.82, 2.24) is 0 Å². The molecule has 2 aromatic rings. The van der Waals surface area contributed by atoms with Crippen LogP contribution < -0.4 is 5.32 Å². The van der Waals surface area contributed by atoms with Crippen molar-refractivity contribution in [2.45, 2.75) is 5.38 Å². The Morgan fingerprint density at radius 2 is 1.89 bits per heavy atom. The maximum atomic E-state index is 13.0. The summed E-state index contributed by atoms with van der Waals surface area (Å²) in [4.78, 5) is 11.9. The van der Waals surface area contributed by atoms with E-state index in [1.807, 2.05) is 0 Å². The van der Waals surface area contributed by atoms with E-state index in [4.69, 9.17) is 11.6 Å². The van der Waals surface area contributed by atoms with E-state index >= 15 is 0 Å². The second-order valence-electron chi connectivity index (χ2n) is 3.91. The highest BCUT2D eigenvalue weighted by Gasteiger charge is 2.17. The molecule has 2 nitrogen and oxygen atoms in total. The van der Waals surface area contributed by atoms with Gasteiger partial charge in [-0.15, -0.1) is 11.6 Å². The van der Waals surface area contributed by atoms with Gasteiger partial charge in [-0.05, 0) is 35.9 Å². The van der Waals surface area contributed by atoms with Gasteiger partial charge in [-0.3, -0.25) is 4.79 Å². The third kappa shape index (κ3) is 3.78. The van der Waals surface area contributed by atoms with Gasteiger partial charge in [0.15, 0.2) is 0 Å². The fraction of sp³-hybridized carbons (Fsp3) is 0.0714. The zero-order valence-corrected chi connectivity index (χ0v) is 12.1. The third-order valence-electron chi connectivity index (χ3n) is 2.49. The number of carbonyl (C=O) groups excluding carboxylic acids is 1. The van der Waals surface area contributed by atoms with E-state index in [0.29, 0.717) is 11.3 Å². The number of alkyl halides is 1. The maximum absolute atomic E-state index is 13.0. The van der Waals surface area contributed by atoms with Gasteiger partial charge in [-0.1, -0.05) is 34.1 Å². The standard InChI is InChI=1S/C14H10BrClFNO/c15-10-6-4-9(5-7-10)13(16)14(19)18-12-3-1-2-11(17)8-12/h1-8,13H,(H,18,19). The van der Waals surface area contributed by atoms with E-state index in [2.05, 4.69) is 21.2 Å². The van der Waals surface area contributed by atoms with Crippen molar-refractivity contribution in [2.24, 2.45) is 0 Å². The Labute approximate surface area is 123 Å². The molecule has 1 N–H and O–H groups in total. The zero-order valence-electron chi connectivity index (χ0n) is 9.74. The van der Waals surface area contributed by atoms with Crippen LogP contribution in [0.25, 0.3) is 0 Å². The topological polar surface area (TPSA) is 29.1 Å². The normalized spacial score (nSPS) is 11.9. The summed E-state index contributed by atoms with van der Waals surface area (Å²) in [5.74, 6) is -0.804. The van der Waals surface area contributed by atoms with Crippen LogP contribution in [0.15, 0.2) is 53.0 Å². The van der Waals surface area contributed by atoms with Gasteiger partial charge in [-0.25, -0.2) is 4.39 Å². The van der Waals surface area contributed by atoms with Crippen LogP contribution in [0, 0.1) is 5.82 Å². The molecule has 0 saturated heterocycles. The Balaban J connectivity index is 2.09. The van der Waals surface area contributed by atoms with Gasteiger partial charge in [0.05, 0.1) is 0 Å². The number of halogens is 3. The van der Waals surface area contributed by atoms with E-state index < -0.39 is 17.1 Å². The molecule has 2 rings (SSSR count). The van der Waals surface area contributed by atoms with Crippen LogP contribution in [-0.2, 0) is 4.79 Å². The Kier molecular flexibility index (Phi) is 4.56. The summed E-state index contributed by atoms with van der Waals surface area (Å²) in [5, 5.41) is 1.75. The highest BCUT2D eigenvalue weighted by Crippen LogP contribution is 2.24. The summed E-state index contributed by atoms with van der Waals surface area (Å²) in [6, 6.07) is 12.8. The minimum absolute atomic E-state index is 0.382. The number of hydrogen-bond acceptors (Lipinski definition) is 1. The van der Waals surface area contributed by atoms with Crippen molar-refractivity contribution in [3.05, 3.63) is 64.4 Å². The summed E-state index contributed by atoms with van der Waals surface area (Å²) in [6.45, 7) is 0. The predicted octanol–water partition coefficient (Wildman–Crippen LogP) is 4.51. The number of hydrogen-bond donors (Lipinski definition) is 1. The Morgan fingerprint density at radius 1 is 1.21 bits per heavy atom. The number of benzene rings is 2. The van der Waals surface area contributed by atoms with E-state index in [9.17, 15) is 9.18 Å². The molecule has 98 valence electrons. The molecule has 1 amide bonds. The van der Waals surface area contributed by atoms with E-state index in [1.54, 1.807) is 30.3 Å². The highest BCUT2D eigenvalue weighted by molar-refractivity contribution is 9.10. The van der Waals surface area contributed by atoms with Crippen molar-refractivity contribution >= 4 is 39.1 Å². The summed E-state index contributed by atoms with van der Waals surface area (Å²) >= 11 is 9.39. The lowest BCUT2D eigenvalue weighted by atomic mass is 10.1. The highest BCUT2D eigenvalue weighted by atomic mass is 79.9. The zero-order chi connectivity index (χ0) is 13.8. The van der Waals surface area contributed by atoms with Crippen LogP contribution in [0.4, 0.5) is 10.1 Å². The largest absolute Gasteiger partial charge is 0.324 e. The minimum atomic E-state index is -0.823. The SMILES string of the molecule is O=C(Nc1cccc(F)c1)C(Cl)c1ccc(Br)cc1. The van der Waals surface area contributed by atoms with Crippen molar-refractivity contribution in [2.75, 3.05) is 5.32 Å². The molecule has 0 heterocycles. The summed E-state index contributed by atoms with van der Waals surface area (Å²) in [5.41, 5.74) is 1.06. The quantitative estimate of drug-likeness (QED) is 0.817. The molecule has 0 fully saturated rings. The van der Waals surface area contributed by atoms with E-state index in [-0.39, 0.29) is 0 Å². The first-order chi connectivity index (χ1) is 9.06. The van der Waals surface area contributed by atoms with Crippen LogP contribution in [0.2, 0.25) is 0 Å². The predicted molar refractivity (Wildman–Crippen MR) is 77.8 cm³/mol. The third-order valence-corrected chi connectivity index (χ3v) is 3.46. The molecule has 1 atom stereocenters. The van der Waals surface area contributed by atoms with Gasteiger partial charge >= 0.3 is 0 Å².